The van der Waals surface area contributed by atoms with E-state index in [1.165, 1.54) is 16.7 Å². The van der Waals surface area contributed by atoms with Crippen molar-refractivity contribution in [3.8, 4) is 11.1 Å². The molecular formula is C15H19NO. The van der Waals surface area contributed by atoms with E-state index in [2.05, 4.69) is 44.3 Å². The minimum absolute atomic E-state index is 0.494. The second-order valence-electron chi connectivity index (χ2n) is 4.71. The lowest BCUT2D eigenvalue weighted by Crippen LogP contribution is -2.22. The first-order valence-corrected chi connectivity index (χ1v) is 6.02. The molecule has 0 radical (unpaired) electrons. The lowest BCUT2D eigenvalue weighted by Gasteiger charge is -2.12. The second-order valence-corrected chi connectivity index (χ2v) is 4.71. The molecule has 2 heteroatoms. The molecule has 1 aromatic carbocycles. The number of furan rings is 1. The average molecular weight is 229 g/mol. The van der Waals surface area contributed by atoms with Crippen molar-refractivity contribution < 1.29 is 4.42 Å². The molecule has 0 aliphatic heterocycles. The summed E-state index contributed by atoms with van der Waals surface area (Å²) in [5.41, 5.74) is 4.99. The standard InChI is InChI=1S/C15H19NO/c1-11(2)16-9-13-5-4-12(3)8-15(13)14-6-7-17-10-14/h4-8,10-11,16H,9H2,1-3H3. The zero-order chi connectivity index (χ0) is 12.3. The largest absolute Gasteiger partial charge is 0.472 e. The van der Waals surface area contributed by atoms with Gasteiger partial charge < -0.3 is 9.73 Å². The summed E-state index contributed by atoms with van der Waals surface area (Å²) >= 11 is 0. The van der Waals surface area contributed by atoms with Crippen LogP contribution in [-0.2, 0) is 6.54 Å². The normalized spacial score (nSPS) is 11.1. The fraction of sp³-hybridized carbons (Fsp3) is 0.333. The van der Waals surface area contributed by atoms with Gasteiger partial charge >= 0.3 is 0 Å². The Labute approximate surface area is 103 Å². The van der Waals surface area contributed by atoms with Crippen LogP contribution >= 0.6 is 0 Å². The molecule has 0 saturated heterocycles. The number of benzene rings is 1. The minimum atomic E-state index is 0.494. The molecule has 1 aromatic heterocycles. The molecule has 1 heterocycles. The molecule has 90 valence electrons. The van der Waals surface area contributed by atoms with Crippen LogP contribution in [0.15, 0.2) is 41.2 Å². The molecule has 0 spiro atoms. The summed E-state index contributed by atoms with van der Waals surface area (Å²) in [5.74, 6) is 0. The van der Waals surface area contributed by atoms with Crippen LogP contribution in [0.2, 0.25) is 0 Å². The monoisotopic (exact) mass is 229 g/mol. The highest BCUT2D eigenvalue weighted by Crippen LogP contribution is 2.25. The van der Waals surface area contributed by atoms with Crippen molar-refractivity contribution in [2.24, 2.45) is 0 Å². The van der Waals surface area contributed by atoms with Crippen LogP contribution in [-0.4, -0.2) is 6.04 Å². The Kier molecular flexibility index (Phi) is 3.64. The molecule has 1 N–H and O–H groups in total. The first-order valence-electron chi connectivity index (χ1n) is 6.02. The van der Waals surface area contributed by atoms with E-state index in [0.29, 0.717) is 6.04 Å². The van der Waals surface area contributed by atoms with Gasteiger partial charge in [0.25, 0.3) is 0 Å². The van der Waals surface area contributed by atoms with Crippen molar-refractivity contribution in [2.75, 3.05) is 0 Å². The van der Waals surface area contributed by atoms with Gasteiger partial charge in [-0.2, -0.15) is 0 Å². The molecule has 2 rings (SSSR count). The molecule has 0 fully saturated rings. The Bertz CT molecular complexity index is 472. The number of aryl methyl sites for hydroxylation is 1. The predicted octanol–water partition coefficient (Wildman–Crippen LogP) is 3.75. The minimum Gasteiger partial charge on any atom is -0.472 e. The maximum absolute atomic E-state index is 5.17. The molecular weight excluding hydrogens is 210 g/mol. The molecule has 2 nitrogen and oxygen atoms in total. The lowest BCUT2D eigenvalue weighted by molar-refractivity contribution is 0.568. The summed E-state index contributed by atoms with van der Waals surface area (Å²) in [4.78, 5) is 0. The SMILES string of the molecule is Cc1ccc(CNC(C)C)c(-c2ccoc2)c1. The van der Waals surface area contributed by atoms with Crippen molar-refractivity contribution in [3.63, 3.8) is 0 Å². The Morgan fingerprint density at radius 3 is 2.71 bits per heavy atom. The van der Waals surface area contributed by atoms with Gasteiger partial charge in [-0.3, -0.25) is 0 Å². The van der Waals surface area contributed by atoms with Crippen molar-refractivity contribution in [1.82, 2.24) is 5.32 Å². The highest BCUT2D eigenvalue weighted by molar-refractivity contribution is 5.67. The third-order valence-electron chi connectivity index (χ3n) is 2.80. The van der Waals surface area contributed by atoms with E-state index in [0.717, 1.165) is 12.1 Å². The Morgan fingerprint density at radius 1 is 1.24 bits per heavy atom. The number of hydrogen-bond acceptors (Lipinski definition) is 2. The first-order chi connectivity index (χ1) is 8.16. The van der Waals surface area contributed by atoms with Crippen LogP contribution in [0.1, 0.15) is 25.0 Å². The summed E-state index contributed by atoms with van der Waals surface area (Å²) in [6.07, 6.45) is 3.52. The van der Waals surface area contributed by atoms with Gasteiger partial charge in [-0.25, -0.2) is 0 Å². The zero-order valence-corrected chi connectivity index (χ0v) is 10.7. The van der Waals surface area contributed by atoms with Gasteiger partial charge in [0.1, 0.15) is 0 Å². The highest BCUT2D eigenvalue weighted by Gasteiger charge is 2.07. The quantitative estimate of drug-likeness (QED) is 0.863. The summed E-state index contributed by atoms with van der Waals surface area (Å²) in [7, 11) is 0. The van der Waals surface area contributed by atoms with E-state index in [1.54, 1.807) is 12.5 Å². The van der Waals surface area contributed by atoms with Crippen molar-refractivity contribution in [1.29, 1.82) is 0 Å². The highest BCUT2D eigenvalue weighted by atomic mass is 16.3. The van der Waals surface area contributed by atoms with Gasteiger partial charge in [0.2, 0.25) is 0 Å². The van der Waals surface area contributed by atoms with Crippen LogP contribution in [0, 0.1) is 6.92 Å². The van der Waals surface area contributed by atoms with Gasteiger partial charge in [-0.1, -0.05) is 37.6 Å². The summed E-state index contributed by atoms with van der Waals surface area (Å²) in [6.45, 7) is 7.32. The lowest BCUT2D eigenvalue weighted by atomic mass is 9.99. The van der Waals surface area contributed by atoms with Crippen LogP contribution in [0.4, 0.5) is 0 Å². The van der Waals surface area contributed by atoms with E-state index in [-0.39, 0.29) is 0 Å². The van der Waals surface area contributed by atoms with Gasteiger partial charge in [0.15, 0.2) is 0 Å². The topological polar surface area (TPSA) is 25.2 Å². The van der Waals surface area contributed by atoms with Crippen LogP contribution in [0.5, 0.6) is 0 Å². The fourth-order valence-electron chi connectivity index (χ4n) is 1.84. The van der Waals surface area contributed by atoms with Gasteiger partial charge in [-0.05, 0) is 24.1 Å². The van der Waals surface area contributed by atoms with E-state index < -0.39 is 0 Å². The van der Waals surface area contributed by atoms with Crippen molar-refractivity contribution in [2.45, 2.75) is 33.4 Å². The molecule has 0 aliphatic carbocycles. The number of nitrogens with one attached hydrogen (secondary N) is 1. The van der Waals surface area contributed by atoms with E-state index in [4.69, 9.17) is 4.42 Å². The summed E-state index contributed by atoms with van der Waals surface area (Å²) in [5, 5.41) is 3.45. The Morgan fingerprint density at radius 2 is 2.06 bits per heavy atom. The fourth-order valence-corrected chi connectivity index (χ4v) is 1.84. The third kappa shape index (κ3) is 2.98. The zero-order valence-electron chi connectivity index (χ0n) is 10.7. The molecule has 0 bridgehead atoms. The average Bonchev–Trinajstić information content (AvgIpc) is 2.80. The van der Waals surface area contributed by atoms with Crippen molar-refractivity contribution >= 4 is 0 Å². The maximum Gasteiger partial charge on any atom is 0.0981 e. The molecule has 17 heavy (non-hydrogen) atoms. The summed E-state index contributed by atoms with van der Waals surface area (Å²) in [6, 6.07) is 9.05. The smallest absolute Gasteiger partial charge is 0.0981 e. The Hall–Kier alpha value is -1.54. The second kappa shape index (κ2) is 5.19. The Balaban J connectivity index is 2.31. The molecule has 0 aliphatic rings. The van der Waals surface area contributed by atoms with E-state index >= 15 is 0 Å². The van der Waals surface area contributed by atoms with E-state index in [1.807, 2.05) is 6.07 Å². The number of hydrogen-bond donors (Lipinski definition) is 1. The van der Waals surface area contributed by atoms with Crippen LogP contribution < -0.4 is 5.32 Å². The van der Waals surface area contributed by atoms with Crippen LogP contribution in [0.25, 0.3) is 11.1 Å². The number of rotatable bonds is 4. The predicted molar refractivity (Wildman–Crippen MR) is 70.9 cm³/mol. The van der Waals surface area contributed by atoms with Gasteiger partial charge in [0.05, 0.1) is 12.5 Å². The van der Waals surface area contributed by atoms with Crippen LogP contribution in [0.3, 0.4) is 0 Å². The molecule has 0 amide bonds. The first kappa shape index (κ1) is 11.9. The van der Waals surface area contributed by atoms with Gasteiger partial charge in [0, 0.05) is 18.2 Å². The molecule has 0 saturated carbocycles. The molecule has 2 aromatic rings. The van der Waals surface area contributed by atoms with Crippen molar-refractivity contribution in [3.05, 3.63) is 47.9 Å². The third-order valence-corrected chi connectivity index (χ3v) is 2.80. The molecule has 0 atom stereocenters. The summed E-state index contributed by atoms with van der Waals surface area (Å²) < 4.78 is 5.17. The van der Waals surface area contributed by atoms with E-state index in [9.17, 15) is 0 Å². The van der Waals surface area contributed by atoms with Gasteiger partial charge in [-0.15, -0.1) is 0 Å². The molecule has 0 unspecified atom stereocenters. The maximum atomic E-state index is 5.17.